The molecule has 0 radical (unpaired) electrons. The molecule has 11 heavy (non-hydrogen) atoms. The third-order valence-electron chi connectivity index (χ3n) is 2.00. The lowest BCUT2D eigenvalue weighted by Crippen LogP contribution is -2.30. The Kier molecular flexibility index (Phi) is 5.19. The number of hydrogen-bond acceptors (Lipinski definition) is 2. The van der Waals surface area contributed by atoms with E-state index in [1.165, 1.54) is 0 Å². The zero-order valence-corrected chi connectivity index (χ0v) is 8.87. The monoisotopic (exact) mass is 176 g/mol. The topological polar surface area (TPSA) is 20.2 Å². The normalized spacial score (nSPS) is 12.5. The van der Waals surface area contributed by atoms with Crippen LogP contribution in [0, 0.1) is 0 Å². The molecule has 0 atom stereocenters. The molecule has 0 aliphatic carbocycles. The lowest BCUT2D eigenvalue weighted by molar-refractivity contribution is 0.0571. The molecule has 0 aliphatic heterocycles. The third-order valence-corrected chi connectivity index (χ3v) is 3.37. The maximum absolute atomic E-state index is 9.86. The number of rotatable bonds is 5. The van der Waals surface area contributed by atoms with E-state index in [0.717, 1.165) is 18.6 Å². The molecule has 0 amide bonds. The van der Waals surface area contributed by atoms with Crippen molar-refractivity contribution in [2.45, 2.75) is 51.4 Å². The van der Waals surface area contributed by atoms with Crippen LogP contribution in [0.5, 0.6) is 0 Å². The van der Waals surface area contributed by atoms with Gasteiger partial charge in [-0.1, -0.05) is 27.7 Å². The summed E-state index contributed by atoms with van der Waals surface area (Å²) in [5.41, 5.74) is -0.422. The van der Waals surface area contributed by atoms with Crippen molar-refractivity contribution >= 4 is 11.8 Å². The van der Waals surface area contributed by atoms with E-state index >= 15 is 0 Å². The van der Waals surface area contributed by atoms with Crippen molar-refractivity contribution in [2.24, 2.45) is 0 Å². The Labute approximate surface area is 74.6 Å². The second-order valence-corrected chi connectivity index (χ2v) is 4.86. The fourth-order valence-corrected chi connectivity index (χ4v) is 1.83. The first kappa shape index (κ1) is 11.3. The molecule has 2 heteroatoms. The predicted molar refractivity (Wildman–Crippen MR) is 53.1 cm³/mol. The van der Waals surface area contributed by atoms with Crippen LogP contribution in [-0.2, 0) is 0 Å². The van der Waals surface area contributed by atoms with Gasteiger partial charge in [0.15, 0.2) is 0 Å². The molecule has 0 aromatic carbocycles. The van der Waals surface area contributed by atoms with Crippen molar-refractivity contribution in [2.75, 3.05) is 5.75 Å². The molecule has 0 bridgehead atoms. The van der Waals surface area contributed by atoms with Gasteiger partial charge in [-0.25, -0.2) is 0 Å². The third kappa shape index (κ3) is 4.70. The van der Waals surface area contributed by atoms with Gasteiger partial charge in [0.05, 0.1) is 5.60 Å². The largest absolute Gasteiger partial charge is 0.389 e. The van der Waals surface area contributed by atoms with Crippen LogP contribution in [0.1, 0.15) is 40.5 Å². The van der Waals surface area contributed by atoms with E-state index in [-0.39, 0.29) is 0 Å². The summed E-state index contributed by atoms with van der Waals surface area (Å²) < 4.78 is 0. The van der Waals surface area contributed by atoms with Crippen molar-refractivity contribution in [3.8, 4) is 0 Å². The second-order valence-electron chi connectivity index (χ2n) is 3.29. The predicted octanol–water partition coefficient (Wildman–Crippen LogP) is 2.68. The number of aliphatic hydroxyl groups is 1. The van der Waals surface area contributed by atoms with Gasteiger partial charge < -0.3 is 5.11 Å². The Morgan fingerprint density at radius 3 is 2.00 bits per heavy atom. The molecular weight excluding hydrogens is 156 g/mol. The van der Waals surface area contributed by atoms with E-state index in [0.29, 0.717) is 5.25 Å². The number of thioether (sulfide) groups is 1. The maximum atomic E-state index is 9.86. The van der Waals surface area contributed by atoms with Crippen LogP contribution < -0.4 is 0 Å². The first-order chi connectivity index (χ1) is 5.04. The van der Waals surface area contributed by atoms with Crippen molar-refractivity contribution in [3.05, 3.63) is 0 Å². The molecule has 1 nitrogen and oxygen atoms in total. The quantitative estimate of drug-likeness (QED) is 0.695. The highest BCUT2D eigenvalue weighted by Gasteiger charge is 2.21. The van der Waals surface area contributed by atoms with E-state index < -0.39 is 5.60 Å². The standard InChI is InChI=1S/C9H20OS/c1-5-9(10,6-2)7-11-8(3)4/h8,10H,5-7H2,1-4H3. The molecule has 0 aromatic rings. The molecule has 0 unspecified atom stereocenters. The zero-order valence-electron chi connectivity index (χ0n) is 8.05. The fourth-order valence-electron chi connectivity index (χ4n) is 0.776. The van der Waals surface area contributed by atoms with E-state index in [4.69, 9.17) is 0 Å². The maximum Gasteiger partial charge on any atom is 0.0732 e. The second kappa shape index (κ2) is 5.04. The molecule has 0 saturated heterocycles. The lowest BCUT2D eigenvalue weighted by Gasteiger charge is -2.25. The molecule has 0 aromatic heterocycles. The van der Waals surface area contributed by atoms with Gasteiger partial charge in [-0.05, 0) is 18.1 Å². The van der Waals surface area contributed by atoms with Gasteiger partial charge in [0.2, 0.25) is 0 Å². The van der Waals surface area contributed by atoms with Crippen molar-refractivity contribution < 1.29 is 5.11 Å². The van der Waals surface area contributed by atoms with Gasteiger partial charge in [-0.3, -0.25) is 0 Å². The molecule has 0 spiro atoms. The minimum Gasteiger partial charge on any atom is -0.389 e. The van der Waals surface area contributed by atoms with Crippen LogP contribution in [0.25, 0.3) is 0 Å². The van der Waals surface area contributed by atoms with Crippen LogP contribution in [0.2, 0.25) is 0 Å². The molecular formula is C9H20OS. The Morgan fingerprint density at radius 2 is 1.73 bits per heavy atom. The molecule has 68 valence electrons. The highest BCUT2D eigenvalue weighted by molar-refractivity contribution is 7.99. The molecule has 0 aliphatic rings. The fraction of sp³-hybridized carbons (Fsp3) is 1.00. The summed E-state index contributed by atoms with van der Waals surface area (Å²) >= 11 is 1.84. The summed E-state index contributed by atoms with van der Waals surface area (Å²) in [6, 6.07) is 0. The van der Waals surface area contributed by atoms with E-state index in [9.17, 15) is 5.11 Å². The number of hydrogen-bond donors (Lipinski definition) is 1. The molecule has 0 saturated carbocycles. The van der Waals surface area contributed by atoms with Crippen molar-refractivity contribution in [1.29, 1.82) is 0 Å². The Morgan fingerprint density at radius 1 is 1.27 bits per heavy atom. The highest BCUT2D eigenvalue weighted by Crippen LogP contribution is 2.23. The lowest BCUT2D eigenvalue weighted by atomic mass is 10.0. The van der Waals surface area contributed by atoms with Crippen molar-refractivity contribution in [3.63, 3.8) is 0 Å². The van der Waals surface area contributed by atoms with Gasteiger partial charge >= 0.3 is 0 Å². The molecule has 0 fully saturated rings. The minimum absolute atomic E-state index is 0.422. The first-order valence-corrected chi connectivity index (χ1v) is 5.43. The Hall–Kier alpha value is 0.310. The summed E-state index contributed by atoms with van der Waals surface area (Å²) in [5, 5.41) is 10.5. The van der Waals surface area contributed by atoms with E-state index in [1.54, 1.807) is 0 Å². The molecule has 0 rings (SSSR count). The van der Waals surface area contributed by atoms with Crippen LogP contribution in [0.3, 0.4) is 0 Å². The van der Waals surface area contributed by atoms with Crippen LogP contribution in [-0.4, -0.2) is 21.7 Å². The van der Waals surface area contributed by atoms with Gasteiger partial charge in [0.1, 0.15) is 0 Å². The summed E-state index contributed by atoms with van der Waals surface area (Å²) in [4.78, 5) is 0. The molecule has 0 heterocycles. The van der Waals surface area contributed by atoms with Crippen LogP contribution >= 0.6 is 11.8 Å². The smallest absolute Gasteiger partial charge is 0.0732 e. The van der Waals surface area contributed by atoms with Crippen LogP contribution in [0.4, 0.5) is 0 Å². The van der Waals surface area contributed by atoms with Gasteiger partial charge in [0, 0.05) is 5.75 Å². The Balaban J connectivity index is 3.69. The summed E-state index contributed by atoms with van der Waals surface area (Å²) in [6.45, 7) is 8.42. The summed E-state index contributed by atoms with van der Waals surface area (Å²) in [6.07, 6.45) is 1.73. The average Bonchev–Trinajstić information content (AvgIpc) is 2.00. The van der Waals surface area contributed by atoms with Gasteiger partial charge in [-0.2, -0.15) is 11.8 Å². The zero-order chi connectivity index (χ0) is 8.91. The summed E-state index contributed by atoms with van der Waals surface area (Å²) in [7, 11) is 0. The highest BCUT2D eigenvalue weighted by atomic mass is 32.2. The Bertz CT molecular complexity index is 97.7. The van der Waals surface area contributed by atoms with E-state index in [1.807, 2.05) is 25.6 Å². The average molecular weight is 176 g/mol. The summed E-state index contributed by atoms with van der Waals surface area (Å²) in [5.74, 6) is 0.873. The van der Waals surface area contributed by atoms with Crippen molar-refractivity contribution in [1.82, 2.24) is 0 Å². The minimum atomic E-state index is -0.422. The van der Waals surface area contributed by atoms with Crippen LogP contribution in [0.15, 0.2) is 0 Å². The van der Waals surface area contributed by atoms with Gasteiger partial charge in [0.25, 0.3) is 0 Å². The molecule has 1 N–H and O–H groups in total. The van der Waals surface area contributed by atoms with Gasteiger partial charge in [-0.15, -0.1) is 0 Å². The first-order valence-electron chi connectivity index (χ1n) is 4.38. The SMILES string of the molecule is CCC(O)(CC)CSC(C)C. The van der Waals surface area contributed by atoms with E-state index in [2.05, 4.69) is 13.8 Å².